The summed E-state index contributed by atoms with van der Waals surface area (Å²) >= 11 is 20.2. The number of halogens is 3. The summed E-state index contributed by atoms with van der Waals surface area (Å²) in [7, 11) is 1.61. The Kier molecular flexibility index (Phi) is 4.31. The fraction of sp³-hybridized carbons (Fsp3) is 0.222. The van der Waals surface area contributed by atoms with Crippen molar-refractivity contribution in [1.29, 1.82) is 0 Å². The Morgan fingerprint density at radius 2 is 2.00 bits per heavy atom. The first kappa shape index (κ1) is 17.9. The van der Waals surface area contributed by atoms with Gasteiger partial charge in [-0.2, -0.15) is 0 Å². The molecule has 0 spiro atoms. The number of alkyl halides is 1. The van der Waals surface area contributed by atoms with E-state index in [2.05, 4.69) is 4.98 Å². The molecule has 1 aliphatic rings. The average Bonchev–Trinajstić information content (AvgIpc) is 3.02. The van der Waals surface area contributed by atoms with E-state index in [4.69, 9.17) is 39.5 Å². The fourth-order valence-corrected chi connectivity index (χ4v) is 5.21. The molecule has 0 radical (unpaired) electrons. The number of fused-ring (bicyclic) bond motifs is 1. The highest BCUT2D eigenvalue weighted by atomic mass is 35.5. The second kappa shape index (κ2) is 6.27. The Labute approximate surface area is 169 Å². The quantitative estimate of drug-likeness (QED) is 0.410. The van der Waals surface area contributed by atoms with Crippen LogP contribution in [0.4, 0.5) is 5.13 Å². The summed E-state index contributed by atoms with van der Waals surface area (Å²) in [6.45, 7) is 1.88. The largest absolute Gasteiger partial charge is 0.497 e. The number of thiazole rings is 1. The van der Waals surface area contributed by atoms with E-state index in [0.29, 0.717) is 15.2 Å². The maximum atomic E-state index is 12.6. The van der Waals surface area contributed by atoms with Crippen molar-refractivity contribution in [2.75, 3.05) is 12.0 Å². The Morgan fingerprint density at radius 3 is 2.69 bits per heavy atom. The molecule has 1 amide bonds. The average molecular weight is 428 g/mol. The molecule has 2 unspecified atom stereocenters. The van der Waals surface area contributed by atoms with Crippen LogP contribution in [0.15, 0.2) is 36.4 Å². The first-order valence-corrected chi connectivity index (χ1v) is 9.75. The minimum Gasteiger partial charge on any atom is -0.497 e. The highest BCUT2D eigenvalue weighted by Crippen LogP contribution is 2.51. The molecule has 0 aliphatic carbocycles. The molecule has 1 aromatic heterocycles. The lowest BCUT2D eigenvalue weighted by molar-refractivity contribution is -0.126. The van der Waals surface area contributed by atoms with Crippen molar-refractivity contribution in [3.05, 3.63) is 52.0 Å². The third kappa shape index (κ3) is 2.49. The summed E-state index contributed by atoms with van der Waals surface area (Å²) in [5, 5.41) is 0.829. The van der Waals surface area contributed by atoms with E-state index in [1.54, 1.807) is 30.2 Å². The first-order chi connectivity index (χ1) is 12.4. The number of methoxy groups -OCH3 is 1. The molecule has 8 heteroatoms. The number of β-lactam (4-membered cyclic amide) rings is 1. The van der Waals surface area contributed by atoms with Crippen LogP contribution in [0.3, 0.4) is 0 Å². The van der Waals surface area contributed by atoms with Gasteiger partial charge in [0.25, 0.3) is 0 Å². The molecule has 2 heterocycles. The predicted molar refractivity (Wildman–Crippen MR) is 107 cm³/mol. The monoisotopic (exact) mass is 426 g/mol. The third-order valence-electron chi connectivity index (χ3n) is 4.65. The Morgan fingerprint density at radius 1 is 1.23 bits per heavy atom. The van der Waals surface area contributed by atoms with Crippen molar-refractivity contribution in [3.63, 3.8) is 0 Å². The molecule has 26 heavy (non-hydrogen) atoms. The Hall–Kier alpha value is -1.53. The van der Waals surface area contributed by atoms with Gasteiger partial charge in [-0.3, -0.25) is 9.69 Å². The number of amides is 1. The van der Waals surface area contributed by atoms with E-state index in [1.807, 2.05) is 25.1 Å². The molecule has 4 rings (SSSR count). The van der Waals surface area contributed by atoms with E-state index in [1.165, 1.54) is 11.3 Å². The minimum atomic E-state index is -0.807. The van der Waals surface area contributed by atoms with Crippen LogP contribution in [0.1, 0.15) is 12.5 Å². The second-order valence-corrected chi connectivity index (χ2v) is 8.43. The van der Waals surface area contributed by atoms with Gasteiger partial charge in [-0.15, -0.1) is 11.6 Å². The topological polar surface area (TPSA) is 42.4 Å². The first-order valence-electron chi connectivity index (χ1n) is 7.74. The number of ether oxygens (including phenoxy) is 1. The number of rotatable bonds is 3. The molecule has 1 saturated heterocycles. The van der Waals surface area contributed by atoms with Gasteiger partial charge in [-0.05, 0) is 42.8 Å². The van der Waals surface area contributed by atoms with Crippen molar-refractivity contribution in [1.82, 2.24) is 4.98 Å². The van der Waals surface area contributed by atoms with Crippen molar-refractivity contribution >= 4 is 67.4 Å². The predicted octanol–water partition coefficient (Wildman–Crippen LogP) is 5.48. The number of carbonyl (C=O) groups is 1. The molecule has 0 saturated carbocycles. The summed E-state index contributed by atoms with van der Waals surface area (Å²) in [4.78, 5) is 18.8. The van der Waals surface area contributed by atoms with Crippen LogP contribution in [0.5, 0.6) is 5.75 Å². The van der Waals surface area contributed by atoms with Crippen molar-refractivity contribution in [2.24, 2.45) is 0 Å². The maximum Gasteiger partial charge on any atom is 0.250 e. The van der Waals surface area contributed by atoms with Crippen LogP contribution in [-0.4, -0.2) is 23.4 Å². The van der Waals surface area contributed by atoms with E-state index >= 15 is 0 Å². The molecule has 2 aromatic carbocycles. The smallest absolute Gasteiger partial charge is 0.250 e. The summed E-state index contributed by atoms with van der Waals surface area (Å²) in [6.07, 6.45) is 0. The van der Waals surface area contributed by atoms with E-state index in [0.717, 1.165) is 21.5 Å². The Bertz CT molecular complexity index is 1040. The summed E-state index contributed by atoms with van der Waals surface area (Å²) in [5.74, 6) is 0.535. The van der Waals surface area contributed by atoms with Gasteiger partial charge in [0.15, 0.2) is 5.13 Å². The minimum absolute atomic E-state index is 0.203. The highest BCUT2D eigenvalue weighted by molar-refractivity contribution is 7.22. The Balaban J connectivity index is 1.83. The van der Waals surface area contributed by atoms with Crippen LogP contribution in [-0.2, 0) is 10.3 Å². The zero-order chi connectivity index (χ0) is 18.6. The maximum absolute atomic E-state index is 12.6. The van der Waals surface area contributed by atoms with Crippen molar-refractivity contribution in [3.8, 4) is 5.75 Å². The van der Waals surface area contributed by atoms with Crippen LogP contribution in [0, 0.1) is 0 Å². The molecular weight excluding hydrogens is 415 g/mol. The summed E-state index contributed by atoms with van der Waals surface area (Å²) < 4.78 is 6.18. The SMILES string of the molecule is COc1ccc2nc(N3C(=O)C(Cl)C3(C)c3ccc(Cl)cc3Cl)sc2c1. The van der Waals surface area contributed by atoms with Crippen LogP contribution in [0.2, 0.25) is 10.0 Å². The molecular formula is C18H13Cl3N2O2S. The zero-order valence-electron chi connectivity index (χ0n) is 13.8. The zero-order valence-corrected chi connectivity index (χ0v) is 16.9. The van der Waals surface area contributed by atoms with E-state index in [9.17, 15) is 4.79 Å². The number of hydrogen-bond donors (Lipinski definition) is 0. The lowest BCUT2D eigenvalue weighted by atomic mass is 9.79. The molecule has 0 N–H and O–H groups in total. The van der Waals surface area contributed by atoms with Gasteiger partial charge in [0, 0.05) is 10.0 Å². The fourth-order valence-electron chi connectivity index (χ4n) is 3.20. The number of anilines is 1. The molecule has 0 bridgehead atoms. The molecule has 2 atom stereocenters. The van der Waals surface area contributed by atoms with Crippen LogP contribution >= 0.6 is 46.1 Å². The molecule has 3 aromatic rings. The van der Waals surface area contributed by atoms with E-state index < -0.39 is 10.9 Å². The van der Waals surface area contributed by atoms with Gasteiger partial charge in [-0.25, -0.2) is 4.98 Å². The number of benzene rings is 2. The normalized spacial score (nSPS) is 22.6. The van der Waals surface area contributed by atoms with Crippen LogP contribution < -0.4 is 9.64 Å². The van der Waals surface area contributed by atoms with Crippen molar-refractivity contribution in [2.45, 2.75) is 17.8 Å². The highest BCUT2D eigenvalue weighted by Gasteiger charge is 2.59. The number of carbonyl (C=O) groups excluding carboxylic acids is 1. The standard InChI is InChI=1S/C18H13Cl3N2O2S/c1-18(11-5-3-9(19)7-12(11)20)15(21)16(24)23(18)17-22-13-6-4-10(25-2)8-14(13)26-17/h3-8,15H,1-2H3. The lowest BCUT2D eigenvalue weighted by Crippen LogP contribution is -2.69. The van der Waals surface area contributed by atoms with Gasteiger partial charge in [0.1, 0.15) is 11.1 Å². The third-order valence-corrected chi connectivity index (χ3v) is 6.81. The molecule has 134 valence electrons. The van der Waals surface area contributed by atoms with Gasteiger partial charge >= 0.3 is 0 Å². The van der Waals surface area contributed by atoms with Gasteiger partial charge < -0.3 is 4.74 Å². The van der Waals surface area contributed by atoms with E-state index in [-0.39, 0.29) is 5.91 Å². The van der Waals surface area contributed by atoms with Gasteiger partial charge in [-0.1, -0.05) is 40.6 Å². The molecule has 1 aliphatic heterocycles. The van der Waals surface area contributed by atoms with Gasteiger partial charge in [0.05, 0.1) is 22.9 Å². The second-order valence-electron chi connectivity index (χ2n) is 6.14. The number of aromatic nitrogens is 1. The summed E-state index contributed by atoms with van der Waals surface area (Å²) in [5.41, 5.74) is 0.722. The number of hydrogen-bond acceptors (Lipinski definition) is 4. The van der Waals surface area contributed by atoms with Crippen LogP contribution in [0.25, 0.3) is 10.2 Å². The number of nitrogens with zero attached hydrogens (tertiary/aromatic N) is 2. The summed E-state index contributed by atoms with van der Waals surface area (Å²) in [6, 6.07) is 10.8. The van der Waals surface area contributed by atoms with Gasteiger partial charge in [0.2, 0.25) is 5.91 Å². The molecule has 4 nitrogen and oxygen atoms in total. The lowest BCUT2D eigenvalue weighted by Gasteiger charge is -2.52. The molecule has 1 fully saturated rings. The van der Waals surface area contributed by atoms with Crippen molar-refractivity contribution < 1.29 is 9.53 Å².